The van der Waals surface area contributed by atoms with Crippen molar-refractivity contribution in [2.75, 3.05) is 5.73 Å². The lowest BCUT2D eigenvalue weighted by molar-refractivity contribution is 1.19. The van der Waals surface area contributed by atoms with Gasteiger partial charge in [0.2, 0.25) is 5.95 Å². The molecule has 63 valence electrons. The molecule has 0 atom stereocenters. The maximum Gasteiger partial charge on any atom is 0.220 e. The summed E-state index contributed by atoms with van der Waals surface area (Å²) >= 11 is 0. The predicted octanol–water partition coefficient (Wildman–Crippen LogP) is 1.53. The molecule has 0 aliphatic rings. The monoisotopic (exact) mass is 170 g/mol. The van der Waals surface area contributed by atoms with E-state index in [-0.39, 0.29) is 0 Å². The Kier molecular flexibility index (Phi) is 1.92. The molecule has 2 N–H and O–H groups in total. The first-order valence-electron chi connectivity index (χ1n) is 3.91. The topological polar surface area (TPSA) is 51.8 Å². The first-order chi connectivity index (χ1) is 6.36. The second kappa shape index (κ2) is 3.23. The number of benzene rings is 1. The zero-order chi connectivity index (χ0) is 9.10. The van der Waals surface area contributed by atoms with Crippen molar-refractivity contribution in [1.29, 1.82) is 0 Å². The van der Waals surface area contributed by atoms with Gasteiger partial charge in [-0.2, -0.15) is 0 Å². The Labute approximate surface area is 76.3 Å². The molecule has 0 bridgehead atoms. The molecule has 13 heavy (non-hydrogen) atoms. The van der Waals surface area contributed by atoms with Crippen molar-refractivity contribution in [2.24, 2.45) is 0 Å². The van der Waals surface area contributed by atoms with Crippen LogP contribution in [0.5, 0.6) is 0 Å². The van der Waals surface area contributed by atoms with Gasteiger partial charge in [0.1, 0.15) is 0 Å². The molecule has 0 saturated heterocycles. The van der Waals surface area contributed by atoms with Gasteiger partial charge >= 0.3 is 0 Å². The molecule has 2 aromatic rings. The summed E-state index contributed by atoms with van der Waals surface area (Å²) < 4.78 is 0. The molecule has 1 aromatic carbocycles. The quantitative estimate of drug-likeness (QED) is 0.706. The Morgan fingerprint density at radius 2 is 2.23 bits per heavy atom. The summed E-state index contributed by atoms with van der Waals surface area (Å²) in [5, 5.41) is 0. The highest BCUT2D eigenvalue weighted by molar-refractivity contribution is 5.58. The minimum absolute atomic E-state index is 0.293. The van der Waals surface area contributed by atoms with Gasteiger partial charge in [0, 0.05) is 11.8 Å². The van der Waals surface area contributed by atoms with E-state index in [0.29, 0.717) is 5.95 Å². The summed E-state index contributed by atoms with van der Waals surface area (Å²) in [6, 6.07) is 12.4. The molecule has 2 rings (SSSR count). The van der Waals surface area contributed by atoms with Crippen LogP contribution in [-0.2, 0) is 0 Å². The van der Waals surface area contributed by atoms with Crippen LogP contribution in [0.1, 0.15) is 0 Å². The fraction of sp³-hybridized carbons (Fsp3) is 0. The van der Waals surface area contributed by atoms with Crippen LogP contribution in [0.15, 0.2) is 36.5 Å². The number of hydrogen-bond donors (Lipinski definition) is 1. The zero-order valence-corrected chi connectivity index (χ0v) is 6.94. The molecular formula is C10H8N3. The molecule has 0 aliphatic heterocycles. The summed E-state index contributed by atoms with van der Waals surface area (Å²) in [4.78, 5) is 7.91. The lowest BCUT2D eigenvalue weighted by atomic mass is 10.1. The van der Waals surface area contributed by atoms with Crippen molar-refractivity contribution < 1.29 is 0 Å². The Hall–Kier alpha value is -1.90. The number of nitrogens with two attached hydrogens (primary N) is 1. The largest absolute Gasteiger partial charge is 0.368 e. The van der Waals surface area contributed by atoms with Crippen molar-refractivity contribution in [3.05, 3.63) is 42.6 Å². The van der Waals surface area contributed by atoms with E-state index in [0.717, 1.165) is 11.3 Å². The third-order valence-corrected chi connectivity index (χ3v) is 1.68. The molecule has 0 unspecified atom stereocenters. The fourth-order valence-electron chi connectivity index (χ4n) is 1.09. The highest BCUT2D eigenvalue weighted by Gasteiger charge is 1.97. The first-order valence-corrected chi connectivity index (χ1v) is 3.91. The van der Waals surface area contributed by atoms with Crippen LogP contribution in [0.4, 0.5) is 5.95 Å². The molecule has 0 fully saturated rings. The lowest BCUT2D eigenvalue weighted by Crippen LogP contribution is -1.94. The molecule has 1 radical (unpaired) electrons. The number of nitrogen functional groups attached to an aromatic ring is 1. The van der Waals surface area contributed by atoms with Crippen LogP contribution >= 0.6 is 0 Å². The van der Waals surface area contributed by atoms with Gasteiger partial charge in [0.05, 0.1) is 5.69 Å². The van der Waals surface area contributed by atoms with Crippen LogP contribution in [0.25, 0.3) is 11.3 Å². The molecule has 3 heteroatoms. The summed E-state index contributed by atoms with van der Waals surface area (Å²) in [7, 11) is 0. The Balaban J connectivity index is 2.48. The van der Waals surface area contributed by atoms with E-state index < -0.39 is 0 Å². The fourth-order valence-corrected chi connectivity index (χ4v) is 1.09. The minimum Gasteiger partial charge on any atom is -0.368 e. The molecule has 1 aromatic heterocycles. The standard InChI is InChI=1S/C10H8N3/c11-10-12-7-6-9(13-10)8-4-2-1-3-5-8/h1-2,4-7H,(H2,11,12,13). The van der Waals surface area contributed by atoms with E-state index >= 15 is 0 Å². The summed E-state index contributed by atoms with van der Waals surface area (Å²) in [6.07, 6.45) is 1.64. The van der Waals surface area contributed by atoms with Gasteiger partial charge in [0.25, 0.3) is 0 Å². The smallest absolute Gasteiger partial charge is 0.220 e. The second-order valence-corrected chi connectivity index (χ2v) is 2.59. The summed E-state index contributed by atoms with van der Waals surface area (Å²) in [6.45, 7) is 0. The summed E-state index contributed by atoms with van der Waals surface area (Å²) in [5.41, 5.74) is 7.28. The van der Waals surface area contributed by atoms with E-state index in [4.69, 9.17) is 5.73 Å². The van der Waals surface area contributed by atoms with Gasteiger partial charge in [-0.25, -0.2) is 9.97 Å². The van der Waals surface area contributed by atoms with Crippen molar-refractivity contribution in [2.45, 2.75) is 0 Å². The van der Waals surface area contributed by atoms with Crippen molar-refractivity contribution in [1.82, 2.24) is 9.97 Å². The molecule has 1 heterocycles. The Bertz CT molecular complexity index is 398. The molecule has 0 spiro atoms. The summed E-state index contributed by atoms with van der Waals surface area (Å²) in [5.74, 6) is 0.293. The second-order valence-electron chi connectivity index (χ2n) is 2.59. The van der Waals surface area contributed by atoms with E-state index in [1.807, 2.05) is 30.3 Å². The van der Waals surface area contributed by atoms with Gasteiger partial charge < -0.3 is 5.73 Å². The predicted molar refractivity (Wildman–Crippen MR) is 50.7 cm³/mol. The Morgan fingerprint density at radius 3 is 2.92 bits per heavy atom. The van der Waals surface area contributed by atoms with Gasteiger partial charge in [0.15, 0.2) is 0 Å². The third-order valence-electron chi connectivity index (χ3n) is 1.68. The van der Waals surface area contributed by atoms with Crippen molar-refractivity contribution in [3.8, 4) is 11.3 Å². The van der Waals surface area contributed by atoms with Crippen LogP contribution in [0.2, 0.25) is 0 Å². The molecule has 0 saturated carbocycles. The van der Waals surface area contributed by atoms with E-state index in [1.165, 1.54) is 0 Å². The lowest BCUT2D eigenvalue weighted by Gasteiger charge is -1.99. The van der Waals surface area contributed by atoms with Crippen LogP contribution in [-0.4, -0.2) is 9.97 Å². The van der Waals surface area contributed by atoms with Gasteiger partial charge in [-0.3, -0.25) is 0 Å². The maximum absolute atomic E-state index is 5.46. The van der Waals surface area contributed by atoms with Crippen molar-refractivity contribution >= 4 is 5.95 Å². The third kappa shape index (κ3) is 1.64. The first kappa shape index (κ1) is 7.73. The van der Waals surface area contributed by atoms with Crippen LogP contribution in [0.3, 0.4) is 0 Å². The highest BCUT2D eigenvalue weighted by atomic mass is 15.0. The molecule has 0 amide bonds. The van der Waals surface area contributed by atoms with Gasteiger partial charge in [-0.05, 0) is 18.2 Å². The van der Waals surface area contributed by atoms with Crippen LogP contribution < -0.4 is 5.73 Å². The average Bonchev–Trinajstić information content (AvgIpc) is 2.19. The number of rotatable bonds is 1. The van der Waals surface area contributed by atoms with E-state index in [9.17, 15) is 0 Å². The van der Waals surface area contributed by atoms with Crippen molar-refractivity contribution in [3.63, 3.8) is 0 Å². The average molecular weight is 170 g/mol. The zero-order valence-electron chi connectivity index (χ0n) is 6.94. The SMILES string of the molecule is Nc1nccc(-c2c[c]ccc2)n1. The Morgan fingerprint density at radius 1 is 1.31 bits per heavy atom. The molecule has 3 nitrogen and oxygen atoms in total. The number of hydrogen-bond acceptors (Lipinski definition) is 3. The molecule has 0 aliphatic carbocycles. The number of aromatic nitrogens is 2. The van der Waals surface area contributed by atoms with E-state index in [2.05, 4.69) is 16.0 Å². The van der Waals surface area contributed by atoms with E-state index in [1.54, 1.807) is 6.20 Å². The minimum atomic E-state index is 0.293. The normalized spacial score (nSPS) is 9.85. The maximum atomic E-state index is 5.46. The van der Waals surface area contributed by atoms with Gasteiger partial charge in [-0.15, -0.1) is 0 Å². The van der Waals surface area contributed by atoms with Crippen LogP contribution in [0, 0.1) is 6.07 Å². The van der Waals surface area contributed by atoms with Gasteiger partial charge in [-0.1, -0.05) is 18.2 Å². The highest BCUT2D eigenvalue weighted by Crippen LogP contribution is 2.15. The number of anilines is 1. The molecular weight excluding hydrogens is 162 g/mol. The number of nitrogens with zero attached hydrogens (tertiary/aromatic N) is 2.